The first-order valence-electron chi connectivity index (χ1n) is 9.11. The largest absolute Gasteiger partial charge is 0.355 e. The molecule has 0 saturated carbocycles. The Labute approximate surface area is 174 Å². The summed E-state index contributed by atoms with van der Waals surface area (Å²) in [4.78, 5) is 27.1. The topological polar surface area (TPSA) is 49.4 Å². The van der Waals surface area contributed by atoms with E-state index in [-0.39, 0.29) is 30.6 Å². The fourth-order valence-electron chi connectivity index (χ4n) is 2.92. The molecule has 0 saturated heterocycles. The number of likely N-dealkylation sites (N-methyl/N-ethyl adjacent to an activating group) is 1. The summed E-state index contributed by atoms with van der Waals surface area (Å²) in [5.74, 6) is -0.800. The van der Waals surface area contributed by atoms with Crippen LogP contribution in [0.1, 0.15) is 31.4 Å². The first-order valence-corrected chi connectivity index (χ1v) is 9.86. The first-order chi connectivity index (χ1) is 13.3. The van der Waals surface area contributed by atoms with E-state index >= 15 is 0 Å². The average Bonchev–Trinajstić information content (AvgIpc) is 2.66. The smallest absolute Gasteiger partial charge is 0.242 e. The molecule has 0 aliphatic carbocycles. The molecule has 4 nitrogen and oxygen atoms in total. The predicted octanol–water partition coefficient (Wildman–Crippen LogP) is 4.62. The lowest BCUT2D eigenvalue weighted by Crippen LogP contribution is -2.49. The lowest BCUT2D eigenvalue weighted by molar-refractivity contribution is -0.140. The predicted molar refractivity (Wildman–Crippen MR) is 110 cm³/mol. The van der Waals surface area contributed by atoms with Crippen LogP contribution in [0.3, 0.4) is 0 Å². The molecular weight excluding hydrogens is 402 g/mol. The highest BCUT2D eigenvalue weighted by Crippen LogP contribution is 2.24. The molecule has 28 heavy (non-hydrogen) atoms. The number of hydrogen-bond acceptors (Lipinski definition) is 2. The van der Waals surface area contributed by atoms with Gasteiger partial charge in [0, 0.05) is 13.1 Å². The number of amides is 2. The van der Waals surface area contributed by atoms with Crippen molar-refractivity contribution in [2.24, 2.45) is 0 Å². The minimum absolute atomic E-state index is 0.0670. The monoisotopic (exact) mass is 424 g/mol. The molecule has 0 bridgehead atoms. The third-order valence-corrected chi connectivity index (χ3v) is 5.08. The second kappa shape index (κ2) is 10.4. The van der Waals surface area contributed by atoms with Crippen molar-refractivity contribution in [3.05, 3.63) is 69.5 Å². The van der Waals surface area contributed by atoms with Gasteiger partial charge in [-0.15, -0.1) is 0 Å². The summed E-state index contributed by atoms with van der Waals surface area (Å²) >= 11 is 12.1. The van der Waals surface area contributed by atoms with Crippen molar-refractivity contribution in [1.29, 1.82) is 0 Å². The molecular formula is C21H23Cl2FN2O2. The van der Waals surface area contributed by atoms with Gasteiger partial charge in [-0.25, -0.2) is 4.39 Å². The van der Waals surface area contributed by atoms with Gasteiger partial charge in [-0.2, -0.15) is 0 Å². The van der Waals surface area contributed by atoms with E-state index in [1.807, 2.05) is 13.8 Å². The molecule has 0 fully saturated rings. The molecule has 0 spiro atoms. The van der Waals surface area contributed by atoms with Crippen molar-refractivity contribution in [3.8, 4) is 0 Å². The van der Waals surface area contributed by atoms with E-state index in [0.717, 1.165) is 5.56 Å². The molecule has 150 valence electrons. The van der Waals surface area contributed by atoms with Crippen LogP contribution in [0, 0.1) is 5.82 Å². The highest BCUT2D eigenvalue weighted by Gasteiger charge is 2.28. The number of carbonyl (C=O) groups is 2. The number of nitrogens with one attached hydrogen (secondary N) is 1. The SMILES string of the molecule is CCNC(=O)[C@@H](CC)N(Cc1ccc(Cl)c(Cl)c1)C(=O)Cc1ccc(F)cc1. The van der Waals surface area contributed by atoms with E-state index < -0.39 is 6.04 Å². The quantitative estimate of drug-likeness (QED) is 0.671. The van der Waals surface area contributed by atoms with Crippen LogP contribution < -0.4 is 5.32 Å². The molecule has 2 rings (SSSR count). The molecule has 1 N–H and O–H groups in total. The Hall–Kier alpha value is -2.11. The van der Waals surface area contributed by atoms with Gasteiger partial charge in [-0.1, -0.05) is 48.3 Å². The minimum atomic E-state index is -0.623. The Morgan fingerprint density at radius 2 is 1.68 bits per heavy atom. The molecule has 1 atom stereocenters. The summed E-state index contributed by atoms with van der Waals surface area (Å²) in [6.07, 6.45) is 0.528. The molecule has 0 aliphatic heterocycles. The van der Waals surface area contributed by atoms with E-state index in [9.17, 15) is 14.0 Å². The van der Waals surface area contributed by atoms with E-state index in [4.69, 9.17) is 23.2 Å². The van der Waals surface area contributed by atoms with Crippen LogP contribution in [-0.2, 0) is 22.6 Å². The van der Waals surface area contributed by atoms with E-state index in [0.29, 0.717) is 28.6 Å². The summed E-state index contributed by atoms with van der Waals surface area (Å²) in [5.41, 5.74) is 1.45. The maximum atomic E-state index is 13.1. The number of hydrogen-bond donors (Lipinski definition) is 1. The van der Waals surface area contributed by atoms with Crippen LogP contribution in [0.25, 0.3) is 0 Å². The molecule has 0 aromatic heterocycles. The van der Waals surface area contributed by atoms with Gasteiger partial charge in [0.05, 0.1) is 16.5 Å². The molecule has 2 aromatic rings. The Balaban J connectivity index is 2.30. The van der Waals surface area contributed by atoms with Gasteiger partial charge in [-0.05, 0) is 48.7 Å². The summed E-state index contributed by atoms with van der Waals surface area (Å²) < 4.78 is 13.1. The van der Waals surface area contributed by atoms with Crippen molar-refractivity contribution in [2.45, 2.75) is 39.3 Å². The highest BCUT2D eigenvalue weighted by molar-refractivity contribution is 6.42. The summed E-state index contributed by atoms with van der Waals surface area (Å²) in [6.45, 7) is 4.37. The van der Waals surface area contributed by atoms with Crippen molar-refractivity contribution in [3.63, 3.8) is 0 Å². The number of carbonyl (C=O) groups excluding carboxylic acids is 2. The Bertz CT molecular complexity index is 828. The Kier molecular flexibility index (Phi) is 8.27. The number of nitrogens with zero attached hydrogens (tertiary/aromatic N) is 1. The van der Waals surface area contributed by atoms with Gasteiger partial charge in [-0.3, -0.25) is 9.59 Å². The lowest BCUT2D eigenvalue weighted by atomic mass is 10.1. The number of halogens is 3. The second-order valence-corrected chi connectivity index (χ2v) is 7.21. The van der Waals surface area contributed by atoms with E-state index in [1.165, 1.54) is 17.0 Å². The minimum Gasteiger partial charge on any atom is -0.355 e. The zero-order chi connectivity index (χ0) is 20.7. The van der Waals surface area contributed by atoms with E-state index in [2.05, 4.69) is 5.32 Å². The molecule has 7 heteroatoms. The Morgan fingerprint density at radius 3 is 2.25 bits per heavy atom. The third kappa shape index (κ3) is 5.94. The maximum absolute atomic E-state index is 13.1. The molecule has 0 heterocycles. The second-order valence-electron chi connectivity index (χ2n) is 6.39. The van der Waals surface area contributed by atoms with Crippen LogP contribution in [-0.4, -0.2) is 29.3 Å². The molecule has 0 radical (unpaired) electrons. The average molecular weight is 425 g/mol. The molecule has 0 unspecified atom stereocenters. The fourth-order valence-corrected chi connectivity index (χ4v) is 3.25. The zero-order valence-corrected chi connectivity index (χ0v) is 17.4. The standard InChI is InChI=1S/C21H23Cl2FN2O2/c1-3-19(21(28)25-4-2)26(13-15-7-10-17(22)18(23)11-15)20(27)12-14-5-8-16(24)9-6-14/h5-11,19H,3-4,12-13H2,1-2H3,(H,25,28)/t19-/m1/s1. The van der Waals surface area contributed by atoms with Gasteiger partial charge in [0.15, 0.2) is 0 Å². The highest BCUT2D eigenvalue weighted by atomic mass is 35.5. The van der Waals surface area contributed by atoms with Crippen LogP contribution >= 0.6 is 23.2 Å². The lowest BCUT2D eigenvalue weighted by Gasteiger charge is -2.30. The van der Waals surface area contributed by atoms with Crippen molar-refractivity contribution in [2.75, 3.05) is 6.54 Å². The van der Waals surface area contributed by atoms with Gasteiger partial charge < -0.3 is 10.2 Å². The number of rotatable bonds is 8. The van der Waals surface area contributed by atoms with Gasteiger partial charge in [0.25, 0.3) is 0 Å². The first kappa shape index (κ1) is 22.2. The maximum Gasteiger partial charge on any atom is 0.242 e. The van der Waals surface area contributed by atoms with Crippen molar-refractivity contribution < 1.29 is 14.0 Å². The van der Waals surface area contributed by atoms with Gasteiger partial charge in [0.2, 0.25) is 11.8 Å². The summed E-state index contributed by atoms with van der Waals surface area (Å²) in [7, 11) is 0. The van der Waals surface area contributed by atoms with Crippen LogP contribution in [0.4, 0.5) is 4.39 Å². The Morgan fingerprint density at radius 1 is 1.04 bits per heavy atom. The molecule has 2 amide bonds. The van der Waals surface area contributed by atoms with Crippen LogP contribution in [0.2, 0.25) is 10.0 Å². The normalized spacial score (nSPS) is 11.8. The van der Waals surface area contributed by atoms with Crippen molar-refractivity contribution >= 4 is 35.0 Å². The number of benzene rings is 2. The van der Waals surface area contributed by atoms with E-state index in [1.54, 1.807) is 30.3 Å². The van der Waals surface area contributed by atoms with Crippen LogP contribution in [0.15, 0.2) is 42.5 Å². The van der Waals surface area contributed by atoms with Gasteiger partial charge in [0.1, 0.15) is 11.9 Å². The fraction of sp³-hybridized carbons (Fsp3) is 0.333. The third-order valence-electron chi connectivity index (χ3n) is 4.34. The summed E-state index contributed by atoms with van der Waals surface area (Å²) in [5, 5.41) is 3.59. The van der Waals surface area contributed by atoms with Crippen molar-refractivity contribution in [1.82, 2.24) is 10.2 Å². The molecule has 0 aliphatic rings. The summed E-state index contributed by atoms with van der Waals surface area (Å²) in [6, 6.07) is 10.3. The van der Waals surface area contributed by atoms with Crippen LogP contribution in [0.5, 0.6) is 0 Å². The zero-order valence-electron chi connectivity index (χ0n) is 15.8. The van der Waals surface area contributed by atoms with Gasteiger partial charge >= 0.3 is 0 Å². The molecule has 2 aromatic carbocycles.